The van der Waals surface area contributed by atoms with E-state index < -0.39 is 0 Å². The number of nitrogens with one attached hydrogen (secondary N) is 1. The third-order valence-corrected chi connectivity index (χ3v) is 4.62. The Morgan fingerprint density at radius 3 is 2.65 bits per heavy atom. The lowest BCUT2D eigenvalue weighted by Crippen LogP contribution is -2.62. The van der Waals surface area contributed by atoms with Crippen LogP contribution >= 0.6 is 0 Å². The molecule has 2 aliphatic carbocycles. The van der Waals surface area contributed by atoms with Crippen molar-refractivity contribution in [1.82, 2.24) is 5.32 Å². The lowest BCUT2D eigenvalue weighted by Gasteiger charge is -2.54. The maximum Gasteiger partial charge on any atom is 0.0784 e. The van der Waals surface area contributed by atoms with Gasteiger partial charge in [0, 0.05) is 18.1 Å². The third kappa shape index (κ3) is 2.51. The van der Waals surface area contributed by atoms with Gasteiger partial charge in [-0.3, -0.25) is 0 Å². The molecule has 100 valence electrons. The van der Waals surface area contributed by atoms with Gasteiger partial charge in [0.2, 0.25) is 0 Å². The molecule has 0 bridgehead atoms. The molecule has 3 heteroatoms. The Kier molecular flexibility index (Phi) is 4.45. The zero-order valence-corrected chi connectivity index (χ0v) is 11.5. The zero-order valence-electron chi connectivity index (χ0n) is 11.5. The molecule has 0 heterocycles. The summed E-state index contributed by atoms with van der Waals surface area (Å²) in [6.07, 6.45) is 7.28. The first kappa shape index (κ1) is 13.3. The van der Waals surface area contributed by atoms with Crippen molar-refractivity contribution >= 4 is 0 Å². The van der Waals surface area contributed by atoms with E-state index in [9.17, 15) is 0 Å². The second kappa shape index (κ2) is 5.68. The Balaban J connectivity index is 1.85. The van der Waals surface area contributed by atoms with Crippen LogP contribution in [0.3, 0.4) is 0 Å². The smallest absolute Gasteiger partial charge is 0.0784 e. The predicted octanol–water partition coefficient (Wildman–Crippen LogP) is 2.35. The highest BCUT2D eigenvalue weighted by Gasteiger charge is 2.56. The van der Waals surface area contributed by atoms with Crippen LogP contribution in [0, 0.1) is 5.41 Å². The van der Waals surface area contributed by atoms with E-state index in [4.69, 9.17) is 9.47 Å². The van der Waals surface area contributed by atoms with Crippen LogP contribution in [0.1, 0.15) is 46.0 Å². The van der Waals surface area contributed by atoms with Crippen LogP contribution in [-0.2, 0) is 9.47 Å². The van der Waals surface area contributed by atoms with Gasteiger partial charge in [-0.1, -0.05) is 12.8 Å². The number of ether oxygens (including phenoxy) is 2. The summed E-state index contributed by atoms with van der Waals surface area (Å²) in [5.41, 5.74) is 0.440. The maximum absolute atomic E-state index is 6.19. The summed E-state index contributed by atoms with van der Waals surface area (Å²) in [7, 11) is 2.09. The second-order valence-electron chi connectivity index (χ2n) is 5.61. The SMILES string of the molecule is CCOCC(C)OC1CC(NC)C12CCCC2. The normalized spacial score (nSPS) is 32.6. The highest BCUT2D eigenvalue weighted by atomic mass is 16.5. The van der Waals surface area contributed by atoms with E-state index >= 15 is 0 Å². The average molecular weight is 241 g/mol. The van der Waals surface area contributed by atoms with Crippen molar-refractivity contribution in [1.29, 1.82) is 0 Å². The van der Waals surface area contributed by atoms with Gasteiger partial charge in [0.1, 0.15) is 0 Å². The van der Waals surface area contributed by atoms with Crippen LogP contribution < -0.4 is 5.32 Å². The summed E-state index contributed by atoms with van der Waals surface area (Å²) in [6.45, 7) is 5.67. The molecule has 2 fully saturated rings. The first-order valence-electron chi connectivity index (χ1n) is 7.13. The van der Waals surface area contributed by atoms with Gasteiger partial charge in [-0.15, -0.1) is 0 Å². The lowest BCUT2D eigenvalue weighted by molar-refractivity contribution is -0.166. The first-order valence-corrected chi connectivity index (χ1v) is 7.13. The Bertz CT molecular complexity index is 238. The van der Waals surface area contributed by atoms with Crippen LogP contribution in [0.15, 0.2) is 0 Å². The maximum atomic E-state index is 6.19. The van der Waals surface area contributed by atoms with E-state index in [0.717, 1.165) is 13.2 Å². The van der Waals surface area contributed by atoms with E-state index in [1.807, 2.05) is 6.92 Å². The molecule has 0 amide bonds. The van der Waals surface area contributed by atoms with Crippen LogP contribution in [0.4, 0.5) is 0 Å². The van der Waals surface area contributed by atoms with Gasteiger partial charge in [-0.05, 0) is 40.2 Å². The summed E-state index contributed by atoms with van der Waals surface area (Å²) < 4.78 is 11.6. The Morgan fingerprint density at radius 1 is 1.35 bits per heavy atom. The number of hydrogen-bond donors (Lipinski definition) is 1. The minimum atomic E-state index is 0.232. The fraction of sp³-hybridized carbons (Fsp3) is 1.00. The van der Waals surface area contributed by atoms with E-state index in [2.05, 4.69) is 19.3 Å². The Hall–Kier alpha value is -0.120. The van der Waals surface area contributed by atoms with Gasteiger partial charge in [0.05, 0.1) is 18.8 Å². The third-order valence-electron chi connectivity index (χ3n) is 4.62. The van der Waals surface area contributed by atoms with E-state index in [0.29, 0.717) is 17.6 Å². The van der Waals surface area contributed by atoms with Gasteiger partial charge in [0.25, 0.3) is 0 Å². The molecule has 0 saturated heterocycles. The van der Waals surface area contributed by atoms with Crippen molar-refractivity contribution in [3.63, 3.8) is 0 Å². The largest absolute Gasteiger partial charge is 0.379 e. The molecule has 0 aromatic heterocycles. The van der Waals surface area contributed by atoms with Crippen molar-refractivity contribution in [2.75, 3.05) is 20.3 Å². The molecule has 0 radical (unpaired) electrons. The summed E-state index contributed by atoms with van der Waals surface area (Å²) >= 11 is 0. The van der Waals surface area contributed by atoms with Gasteiger partial charge in [-0.2, -0.15) is 0 Å². The fourth-order valence-corrected chi connectivity index (χ4v) is 3.65. The van der Waals surface area contributed by atoms with Crippen molar-refractivity contribution < 1.29 is 9.47 Å². The molecule has 3 nitrogen and oxygen atoms in total. The lowest BCUT2D eigenvalue weighted by atomic mass is 9.60. The van der Waals surface area contributed by atoms with E-state index in [1.165, 1.54) is 32.1 Å². The van der Waals surface area contributed by atoms with Gasteiger partial charge in [0.15, 0.2) is 0 Å². The Morgan fingerprint density at radius 2 is 2.06 bits per heavy atom. The molecule has 2 aliphatic rings. The number of rotatable bonds is 6. The highest BCUT2D eigenvalue weighted by molar-refractivity contribution is 5.09. The molecule has 2 rings (SSSR count). The molecule has 17 heavy (non-hydrogen) atoms. The Labute approximate surface area is 105 Å². The first-order chi connectivity index (χ1) is 8.23. The summed E-state index contributed by atoms with van der Waals surface area (Å²) in [5, 5.41) is 3.47. The molecule has 0 aliphatic heterocycles. The minimum Gasteiger partial charge on any atom is -0.379 e. The molecule has 0 aromatic carbocycles. The average Bonchev–Trinajstić information content (AvgIpc) is 2.83. The molecular formula is C14H27NO2. The van der Waals surface area contributed by atoms with Crippen LogP contribution in [0.2, 0.25) is 0 Å². The van der Waals surface area contributed by atoms with Gasteiger partial charge < -0.3 is 14.8 Å². The van der Waals surface area contributed by atoms with E-state index in [1.54, 1.807) is 0 Å². The highest BCUT2D eigenvalue weighted by Crippen LogP contribution is 2.54. The van der Waals surface area contributed by atoms with Crippen molar-refractivity contribution in [3.8, 4) is 0 Å². The predicted molar refractivity (Wildman–Crippen MR) is 69.2 cm³/mol. The minimum absolute atomic E-state index is 0.232. The quantitative estimate of drug-likeness (QED) is 0.774. The second-order valence-corrected chi connectivity index (χ2v) is 5.61. The molecule has 0 aromatic rings. The summed E-state index contributed by atoms with van der Waals surface area (Å²) in [6, 6.07) is 0.675. The van der Waals surface area contributed by atoms with Crippen molar-refractivity contribution in [2.24, 2.45) is 5.41 Å². The molecule has 3 unspecified atom stereocenters. The van der Waals surface area contributed by atoms with Crippen LogP contribution in [-0.4, -0.2) is 38.5 Å². The monoisotopic (exact) mass is 241 g/mol. The van der Waals surface area contributed by atoms with Crippen molar-refractivity contribution in [3.05, 3.63) is 0 Å². The van der Waals surface area contributed by atoms with E-state index in [-0.39, 0.29) is 6.10 Å². The summed E-state index contributed by atoms with van der Waals surface area (Å²) in [4.78, 5) is 0. The molecular weight excluding hydrogens is 214 g/mol. The number of hydrogen-bond acceptors (Lipinski definition) is 3. The zero-order chi connectivity index (χ0) is 12.3. The van der Waals surface area contributed by atoms with Crippen LogP contribution in [0.5, 0.6) is 0 Å². The molecule has 1 spiro atoms. The molecule has 2 saturated carbocycles. The summed E-state index contributed by atoms with van der Waals surface area (Å²) in [5.74, 6) is 0. The topological polar surface area (TPSA) is 30.5 Å². The van der Waals surface area contributed by atoms with Gasteiger partial charge in [-0.25, -0.2) is 0 Å². The molecule has 3 atom stereocenters. The van der Waals surface area contributed by atoms with Gasteiger partial charge >= 0.3 is 0 Å². The standard InChI is InChI=1S/C14H27NO2/c1-4-16-10-11(2)17-13-9-12(15-3)14(13)7-5-6-8-14/h11-13,15H,4-10H2,1-3H3. The van der Waals surface area contributed by atoms with Crippen LogP contribution in [0.25, 0.3) is 0 Å². The fourth-order valence-electron chi connectivity index (χ4n) is 3.65. The van der Waals surface area contributed by atoms with Crippen molar-refractivity contribution in [2.45, 2.75) is 64.2 Å². The molecule has 1 N–H and O–H groups in total.